The second-order valence-electron chi connectivity index (χ2n) is 6.12. The summed E-state index contributed by atoms with van der Waals surface area (Å²) < 4.78 is 11.7. The Labute approximate surface area is 170 Å². The lowest BCUT2D eigenvalue weighted by Gasteiger charge is -2.12. The molecule has 1 saturated heterocycles. The van der Waals surface area contributed by atoms with Crippen molar-refractivity contribution in [1.82, 2.24) is 4.90 Å². The fraction of sp³-hybridized carbons (Fsp3) is 0.200. The molecule has 27 heavy (non-hydrogen) atoms. The molecule has 0 aromatic heterocycles. The van der Waals surface area contributed by atoms with Crippen LogP contribution in [0.15, 0.2) is 50.8 Å². The van der Waals surface area contributed by atoms with E-state index in [1.165, 1.54) is 17.3 Å². The van der Waals surface area contributed by atoms with Gasteiger partial charge in [-0.25, -0.2) is 4.99 Å². The minimum Gasteiger partial charge on any atom is -0.454 e. The molecule has 0 saturated carbocycles. The zero-order valence-corrected chi connectivity index (χ0v) is 17.3. The molecule has 2 aromatic rings. The van der Waals surface area contributed by atoms with Crippen molar-refractivity contribution >= 4 is 50.5 Å². The van der Waals surface area contributed by atoms with E-state index in [9.17, 15) is 4.79 Å². The van der Waals surface area contributed by atoms with E-state index < -0.39 is 0 Å². The Morgan fingerprint density at radius 2 is 1.93 bits per heavy atom. The van der Waals surface area contributed by atoms with E-state index in [1.54, 1.807) is 4.90 Å². The number of amides is 1. The number of halogens is 1. The summed E-state index contributed by atoms with van der Waals surface area (Å²) in [4.78, 5) is 19.8. The first-order chi connectivity index (χ1) is 13.0. The predicted octanol–water partition coefficient (Wildman–Crippen LogP) is 5.11. The highest BCUT2D eigenvalue weighted by molar-refractivity contribution is 9.10. The van der Waals surface area contributed by atoms with E-state index in [2.05, 4.69) is 20.9 Å². The SMILES string of the molecule is CCN1C(=O)/C(=C\c2cc3c(cc2Br)OCO3)SC1=Nc1ccc(C)cc1. The van der Waals surface area contributed by atoms with Crippen molar-refractivity contribution < 1.29 is 14.3 Å². The molecule has 2 aliphatic heterocycles. The van der Waals surface area contributed by atoms with Crippen LogP contribution in [0.4, 0.5) is 5.69 Å². The van der Waals surface area contributed by atoms with Crippen LogP contribution in [0.5, 0.6) is 11.5 Å². The molecule has 0 unspecified atom stereocenters. The third-order valence-electron chi connectivity index (χ3n) is 4.24. The van der Waals surface area contributed by atoms with Crippen LogP contribution >= 0.6 is 27.7 Å². The lowest BCUT2D eigenvalue weighted by Crippen LogP contribution is -2.28. The topological polar surface area (TPSA) is 51.1 Å². The first-order valence-corrected chi connectivity index (χ1v) is 10.1. The lowest BCUT2D eigenvalue weighted by molar-refractivity contribution is -0.122. The number of fused-ring (bicyclic) bond motifs is 1. The Bertz CT molecular complexity index is 970. The summed E-state index contributed by atoms with van der Waals surface area (Å²) in [6.45, 7) is 4.76. The molecule has 1 amide bonds. The van der Waals surface area contributed by atoms with Crippen LogP contribution in [-0.2, 0) is 4.79 Å². The molecule has 0 spiro atoms. The Hall–Kier alpha value is -2.25. The maximum atomic E-state index is 12.8. The molecule has 2 aromatic carbocycles. The predicted molar refractivity (Wildman–Crippen MR) is 111 cm³/mol. The average Bonchev–Trinajstić information content (AvgIpc) is 3.21. The van der Waals surface area contributed by atoms with Crippen LogP contribution in [0.1, 0.15) is 18.1 Å². The van der Waals surface area contributed by atoms with Gasteiger partial charge in [0.05, 0.1) is 10.6 Å². The Balaban J connectivity index is 1.67. The molecular formula is C20H17BrN2O3S. The fourth-order valence-electron chi connectivity index (χ4n) is 2.78. The number of carbonyl (C=O) groups is 1. The molecule has 5 nitrogen and oxygen atoms in total. The largest absolute Gasteiger partial charge is 0.454 e. The van der Waals surface area contributed by atoms with Gasteiger partial charge in [0, 0.05) is 11.0 Å². The monoisotopic (exact) mass is 444 g/mol. The number of rotatable bonds is 3. The molecule has 0 radical (unpaired) electrons. The van der Waals surface area contributed by atoms with Crippen molar-refractivity contribution in [3.05, 3.63) is 56.9 Å². The standard InChI is InChI=1S/C20H17BrN2O3S/c1-3-23-19(24)18(27-20(23)22-14-6-4-12(2)5-7-14)9-13-8-16-17(10-15(13)21)26-11-25-16/h4-10H,3,11H2,1-2H3/b18-9+,22-20?. The quantitative estimate of drug-likeness (QED) is 0.617. The Morgan fingerprint density at radius 1 is 1.22 bits per heavy atom. The van der Waals surface area contributed by atoms with Gasteiger partial charge in [0.1, 0.15) is 0 Å². The van der Waals surface area contributed by atoms with Crippen LogP contribution in [0.2, 0.25) is 0 Å². The van der Waals surface area contributed by atoms with Gasteiger partial charge in [0.15, 0.2) is 16.7 Å². The normalized spacial score (nSPS) is 18.8. The third-order valence-corrected chi connectivity index (χ3v) is 5.93. The lowest BCUT2D eigenvalue weighted by atomic mass is 10.2. The number of aryl methyl sites for hydroxylation is 1. The summed E-state index contributed by atoms with van der Waals surface area (Å²) in [5.41, 5.74) is 2.87. The van der Waals surface area contributed by atoms with Gasteiger partial charge in [0.2, 0.25) is 6.79 Å². The molecule has 138 valence electrons. The highest BCUT2D eigenvalue weighted by Gasteiger charge is 2.32. The fourth-order valence-corrected chi connectivity index (χ4v) is 4.27. The number of aliphatic imine (C=N–C) groups is 1. The number of likely N-dealkylation sites (N-methyl/N-ethyl adjacent to an activating group) is 1. The van der Waals surface area contributed by atoms with Gasteiger partial charge in [-0.2, -0.15) is 0 Å². The smallest absolute Gasteiger partial charge is 0.266 e. The van der Waals surface area contributed by atoms with Crippen LogP contribution in [-0.4, -0.2) is 29.3 Å². The number of carbonyl (C=O) groups excluding carboxylic acids is 1. The van der Waals surface area contributed by atoms with Gasteiger partial charge in [-0.05, 0) is 61.5 Å². The summed E-state index contributed by atoms with van der Waals surface area (Å²) in [7, 11) is 0. The van der Waals surface area contributed by atoms with Crippen molar-refractivity contribution in [1.29, 1.82) is 0 Å². The average molecular weight is 445 g/mol. The third kappa shape index (κ3) is 3.61. The highest BCUT2D eigenvalue weighted by atomic mass is 79.9. The zero-order chi connectivity index (χ0) is 19.0. The van der Waals surface area contributed by atoms with E-state index in [0.717, 1.165) is 15.7 Å². The van der Waals surface area contributed by atoms with E-state index >= 15 is 0 Å². The summed E-state index contributed by atoms with van der Waals surface area (Å²) in [5.74, 6) is 1.34. The van der Waals surface area contributed by atoms with Crippen LogP contribution in [0, 0.1) is 6.92 Å². The van der Waals surface area contributed by atoms with Crippen molar-refractivity contribution in [2.45, 2.75) is 13.8 Å². The summed E-state index contributed by atoms with van der Waals surface area (Å²) in [6.07, 6.45) is 1.86. The van der Waals surface area contributed by atoms with E-state index in [1.807, 2.05) is 56.3 Å². The number of hydrogen-bond acceptors (Lipinski definition) is 5. The molecule has 0 atom stereocenters. The van der Waals surface area contributed by atoms with Crippen LogP contribution in [0.3, 0.4) is 0 Å². The van der Waals surface area contributed by atoms with E-state index in [0.29, 0.717) is 28.1 Å². The van der Waals surface area contributed by atoms with Gasteiger partial charge in [0.25, 0.3) is 5.91 Å². The second-order valence-corrected chi connectivity index (χ2v) is 7.98. The molecule has 4 rings (SSSR count). The maximum absolute atomic E-state index is 12.8. The molecule has 0 bridgehead atoms. The molecule has 0 N–H and O–H groups in total. The zero-order valence-electron chi connectivity index (χ0n) is 14.9. The summed E-state index contributed by atoms with van der Waals surface area (Å²) in [6, 6.07) is 11.7. The van der Waals surface area contributed by atoms with Gasteiger partial charge in [-0.15, -0.1) is 0 Å². The minimum atomic E-state index is -0.0436. The van der Waals surface area contributed by atoms with Crippen molar-refractivity contribution in [3.63, 3.8) is 0 Å². The van der Waals surface area contributed by atoms with E-state index in [-0.39, 0.29) is 12.7 Å². The number of hydrogen-bond donors (Lipinski definition) is 0. The highest BCUT2D eigenvalue weighted by Crippen LogP contribution is 2.40. The van der Waals surface area contributed by atoms with Crippen LogP contribution < -0.4 is 9.47 Å². The first kappa shape index (κ1) is 18.1. The Morgan fingerprint density at radius 3 is 2.63 bits per heavy atom. The van der Waals surface area contributed by atoms with Crippen molar-refractivity contribution in [2.24, 2.45) is 4.99 Å². The summed E-state index contributed by atoms with van der Waals surface area (Å²) >= 11 is 4.92. The number of amidine groups is 1. The van der Waals surface area contributed by atoms with Crippen LogP contribution in [0.25, 0.3) is 6.08 Å². The molecule has 2 aliphatic rings. The maximum Gasteiger partial charge on any atom is 0.266 e. The number of nitrogens with zero attached hydrogens (tertiary/aromatic N) is 2. The second kappa shape index (κ2) is 7.40. The van der Waals surface area contributed by atoms with Gasteiger partial charge in [-0.1, -0.05) is 33.6 Å². The molecular weight excluding hydrogens is 428 g/mol. The van der Waals surface area contributed by atoms with Crippen molar-refractivity contribution in [3.8, 4) is 11.5 Å². The van der Waals surface area contributed by atoms with Gasteiger partial charge in [-0.3, -0.25) is 9.69 Å². The Kier molecular flexibility index (Phi) is 4.97. The van der Waals surface area contributed by atoms with E-state index in [4.69, 9.17) is 9.47 Å². The summed E-state index contributed by atoms with van der Waals surface area (Å²) in [5, 5.41) is 0.689. The number of ether oxygens (including phenoxy) is 2. The molecule has 0 aliphatic carbocycles. The number of benzene rings is 2. The van der Waals surface area contributed by atoms with Gasteiger partial charge < -0.3 is 9.47 Å². The molecule has 7 heteroatoms. The molecule has 1 fully saturated rings. The number of thioether (sulfide) groups is 1. The van der Waals surface area contributed by atoms with Gasteiger partial charge >= 0.3 is 0 Å². The minimum absolute atomic E-state index is 0.0436. The molecule has 2 heterocycles. The van der Waals surface area contributed by atoms with Crippen molar-refractivity contribution in [2.75, 3.05) is 13.3 Å². The first-order valence-electron chi connectivity index (χ1n) is 8.51.